The summed E-state index contributed by atoms with van der Waals surface area (Å²) in [6.45, 7) is 4.45. The van der Waals surface area contributed by atoms with E-state index in [2.05, 4.69) is 10.2 Å². The number of aryl methyl sites for hydroxylation is 1. The van der Waals surface area contributed by atoms with E-state index in [-0.39, 0.29) is 11.7 Å². The zero-order valence-corrected chi connectivity index (χ0v) is 16.3. The van der Waals surface area contributed by atoms with Gasteiger partial charge >= 0.3 is 6.03 Å². The first kappa shape index (κ1) is 18.0. The number of benzene rings is 2. The molecule has 2 amide bonds. The molecular weight excluding hydrogens is 387 g/mol. The van der Waals surface area contributed by atoms with E-state index in [1.807, 2.05) is 19.1 Å². The molecule has 1 aliphatic rings. The standard InChI is InChI=1S/C19H18ClFN4OS/c1-12-6-7-13(20)17-16(12)23-19(27-17)25-10-8-24(9-11-25)18(26)22-15-5-3-2-4-14(15)21/h2-7H,8-11H2,1H3,(H,22,26). The van der Waals surface area contributed by atoms with Crippen LogP contribution in [0.3, 0.4) is 0 Å². The molecule has 8 heteroatoms. The fourth-order valence-electron chi connectivity index (χ4n) is 3.08. The minimum atomic E-state index is -0.439. The molecule has 0 bridgehead atoms. The second kappa shape index (κ2) is 7.32. The third-order valence-corrected chi connectivity index (χ3v) is 6.22. The molecule has 1 aromatic heterocycles. The minimum absolute atomic E-state index is 0.196. The Kier molecular flexibility index (Phi) is 4.88. The molecule has 0 spiro atoms. The number of piperazine rings is 1. The number of para-hydroxylation sites is 1. The first-order valence-corrected chi connectivity index (χ1v) is 9.83. The smallest absolute Gasteiger partial charge is 0.322 e. The Hall–Kier alpha value is -2.38. The molecule has 2 aromatic carbocycles. The first-order valence-electron chi connectivity index (χ1n) is 8.64. The van der Waals surface area contributed by atoms with Gasteiger partial charge in [-0.05, 0) is 30.7 Å². The van der Waals surface area contributed by atoms with Crippen LogP contribution >= 0.6 is 22.9 Å². The summed E-state index contributed by atoms with van der Waals surface area (Å²) in [6, 6.07) is 9.74. The molecule has 140 valence electrons. The Bertz CT molecular complexity index is 962. The first-order chi connectivity index (χ1) is 13.0. The molecule has 27 heavy (non-hydrogen) atoms. The summed E-state index contributed by atoms with van der Waals surface area (Å²) < 4.78 is 14.7. The number of fused-ring (bicyclic) bond motifs is 1. The lowest BCUT2D eigenvalue weighted by molar-refractivity contribution is 0.208. The SMILES string of the molecule is Cc1ccc(Cl)c2sc(N3CCN(C(=O)Nc4ccccc4F)CC3)nc12. The number of hydrogen-bond acceptors (Lipinski definition) is 4. The number of hydrogen-bond donors (Lipinski definition) is 1. The maximum absolute atomic E-state index is 13.7. The zero-order chi connectivity index (χ0) is 19.0. The molecule has 2 heterocycles. The highest BCUT2D eigenvalue weighted by molar-refractivity contribution is 7.22. The van der Waals surface area contributed by atoms with Crippen LogP contribution in [0.5, 0.6) is 0 Å². The Morgan fingerprint density at radius 3 is 2.63 bits per heavy atom. The van der Waals surface area contributed by atoms with E-state index >= 15 is 0 Å². The van der Waals surface area contributed by atoms with Crippen LogP contribution in [0.2, 0.25) is 5.02 Å². The average Bonchev–Trinajstić information content (AvgIpc) is 3.13. The highest BCUT2D eigenvalue weighted by atomic mass is 35.5. The maximum atomic E-state index is 13.7. The number of halogens is 2. The molecule has 5 nitrogen and oxygen atoms in total. The molecule has 1 fully saturated rings. The van der Waals surface area contributed by atoms with Crippen LogP contribution in [-0.2, 0) is 0 Å². The van der Waals surface area contributed by atoms with E-state index in [1.165, 1.54) is 6.07 Å². The van der Waals surface area contributed by atoms with Crippen LogP contribution in [0, 0.1) is 12.7 Å². The summed E-state index contributed by atoms with van der Waals surface area (Å²) in [7, 11) is 0. The van der Waals surface area contributed by atoms with Crippen LogP contribution in [0.4, 0.5) is 20.0 Å². The van der Waals surface area contributed by atoms with Gasteiger partial charge < -0.3 is 15.1 Å². The second-order valence-electron chi connectivity index (χ2n) is 6.42. The van der Waals surface area contributed by atoms with Gasteiger partial charge in [0.1, 0.15) is 5.82 Å². The van der Waals surface area contributed by atoms with Crippen molar-refractivity contribution in [2.24, 2.45) is 0 Å². The van der Waals surface area contributed by atoms with Crippen LogP contribution < -0.4 is 10.2 Å². The van der Waals surface area contributed by atoms with Gasteiger partial charge in [-0.1, -0.05) is 41.1 Å². The Labute approximate surface area is 165 Å². The van der Waals surface area contributed by atoms with E-state index in [0.29, 0.717) is 31.2 Å². The molecule has 3 aromatic rings. The number of carbonyl (C=O) groups excluding carboxylic acids is 1. The number of urea groups is 1. The van der Waals surface area contributed by atoms with Crippen LogP contribution in [0.1, 0.15) is 5.56 Å². The second-order valence-corrected chi connectivity index (χ2v) is 7.81. The van der Waals surface area contributed by atoms with Gasteiger partial charge in [-0.2, -0.15) is 0 Å². The summed E-state index contributed by atoms with van der Waals surface area (Å²) in [5.74, 6) is -0.439. The third kappa shape index (κ3) is 3.57. The van der Waals surface area contributed by atoms with Crippen molar-refractivity contribution in [3.8, 4) is 0 Å². The highest BCUT2D eigenvalue weighted by Crippen LogP contribution is 2.35. The van der Waals surface area contributed by atoms with Crippen molar-refractivity contribution in [1.29, 1.82) is 0 Å². The molecule has 0 saturated carbocycles. The minimum Gasteiger partial charge on any atom is -0.345 e. The predicted octanol–water partition coefficient (Wildman–Crippen LogP) is 4.75. The van der Waals surface area contributed by atoms with Crippen LogP contribution in [0.15, 0.2) is 36.4 Å². The Morgan fingerprint density at radius 2 is 1.93 bits per heavy atom. The molecule has 4 rings (SSSR count). The molecule has 1 aliphatic heterocycles. The third-order valence-electron chi connectivity index (χ3n) is 4.64. The Morgan fingerprint density at radius 1 is 1.19 bits per heavy atom. The van der Waals surface area contributed by atoms with Crippen molar-refractivity contribution >= 4 is 50.0 Å². The lowest BCUT2D eigenvalue weighted by Gasteiger charge is -2.34. The number of nitrogens with one attached hydrogen (secondary N) is 1. The van der Waals surface area contributed by atoms with Crippen LogP contribution in [-0.4, -0.2) is 42.1 Å². The van der Waals surface area contributed by atoms with E-state index in [1.54, 1.807) is 34.4 Å². The summed E-state index contributed by atoms with van der Waals surface area (Å²) >= 11 is 7.87. The largest absolute Gasteiger partial charge is 0.345 e. The fraction of sp³-hybridized carbons (Fsp3) is 0.263. The molecule has 0 atom stereocenters. The summed E-state index contributed by atoms with van der Waals surface area (Å²) in [5, 5.41) is 4.26. The highest BCUT2D eigenvalue weighted by Gasteiger charge is 2.24. The lowest BCUT2D eigenvalue weighted by atomic mass is 10.2. The van der Waals surface area contributed by atoms with Gasteiger partial charge in [0.05, 0.1) is 20.9 Å². The zero-order valence-electron chi connectivity index (χ0n) is 14.7. The summed E-state index contributed by atoms with van der Waals surface area (Å²) in [4.78, 5) is 21.0. The van der Waals surface area contributed by atoms with E-state index < -0.39 is 5.82 Å². The van der Waals surface area contributed by atoms with Crippen molar-refractivity contribution < 1.29 is 9.18 Å². The average molecular weight is 405 g/mol. The van der Waals surface area contributed by atoms with Crippen molar-refractivity contribution in [3.63, 3.8) is 0 Å². The van der Waals surface area contributed by atoms with Gasteiger partial charge in [-0.15, -0.1) is 0 Å². The quantitative estimate of drug-likeness (QED) is 0.670. The number of thiazole rings is 1. The molecular formula is C19H18ClFN4OS. The fourth-order valence-corrected chi connectivity index (χ4v) is 4.45. The number of carbonyl (C=O) groups is 1. The Balaban J connectivity index is 1.43. The van der Waals surface area contributed by atoms with Gasteiger partial charge in [0.25, 0.3) is 0 Å². The maximum Gasteiger partial charge on any atom is 0.322 e. The molecule has 0 unspecified atom stereocenters. The topological polar surface area (TPSA) is 48.5 Å². The van der Waals surface area contributed by atoms with E-state index in [9.17, 15) is 9.18 Å². The van der Waals surface area contributed by atoms with Gasteiger partial charge in [0.2, 0.25) is 0 Å². The number of rotatable bonds is 2. The normalized spacial score (nSPS) is 14.6. The van der Waals surface area contributed by atoms with Crippen LogP contribution in [0.25, 0.3) is 10.2 Å². The van der Waals surface area contributed by atoms with Gasteiger partial charge in [-0.3, -0.25) is 0 Å². The molecule has 1 N–H and O–H groups in total. The van der Waals surface area contributed by atoms with Gasteiger partial charge in [-0.25, -0.2) is 14.2 Å². The van der Waals surface area contributed by atoms with Crippen molar-refractivity contribution in [2.45, 2.75) is 6.92 Å². The lowest BCUT2D eigenvalue weighted by Crippen LogP contribution is -2.50. The summed E-state index contributed by atoms with van der Waals surface area (Å²) in [6.07, 6.45) is 0. The predicted molar refractivity (Wildman–Crippen MR) is 109 cm³/mol. The summed E-state index contributed by atoms with van der Waals surface area (Å²) in [5.41, 5.74) is 2.23. The monoisotopic (exact) mass is 404 g/mol. The van der Waals surface area contributed by atoms with Crippen molar-refractivity contribution in [2.75, 3.05) is 36.4 Å². The molecule has 0 radical (unpaired) electrons. The molecule has 0 aliphatic carbocycles. The van der Waals surface area contributed by atoms with Gasteiger partial charge in [0.15, 0.2) is 5.13 Å². The van der Waals surface area contributed by atoms with Crippen molar-refractivity contribution in [3.05, 3.63) is 52.8 Å². The number of aromatic nitrogens is 1. The van der Waals surface area contributed by atoms with E-state index in [4.69, 9.17) is 16.6 Å². The van der Waals surface area contributed by atoms with E-state index in [0.717, 1.165) is 20.9 Å². The van der Waals surface area contributed by atoms with Crippen molar-refractivity contribution in [1.82, 2.24) is 9.88 Å². The number of nitrogens with zero attached hydrogens (tertiary/aromatic N) is 3. The molecule has 1 saturated heterocycles. The number of amides is 2. The van der Waals surface area contributed by atoms with Gasteiger partial charge in [0, 0.05) is 26.2 Å². The number of anilines is 2.